The van der Waals surface area contributed by atoms with Crippen molar-refractivity contribution in [1.82, 2.24) is 10.6 Å². The molecule has 0 saturated heterocycles. The van der Waals surface area contributed by atoms with Gasteiger partial charge in [0.05, 0.1) is 5.56 Å². The van der Waals surface area contributed by atoms with Crippen LogP contribution in [0.15, 0.2) is 48.5 Å². The molecular formula is C19H20ClFN2O2. The first-order valence-electron chi connectivity index (χ1n) is 7.96. The Morgan fingerprint density at radius 3 is 2.48 bits per heavy atom. The molecule has 4 nitrogen and oxygen atoms in total. The molecule has 0 bridgehead atoms. The van der Waals surface area contributed by atoms with E-state index in [4.69, 9.17) is 11.6 Å². The molecule has 0 unspecified atom stereocenters. The maximum Gasteiger partial charge on any atom is 0.254 e. The Hall–Kier alpha value is -2.40. The fourth-order valence-electron chi connectivity index (χ4n) is 2.35. The van der Waals surface area contributed by atoms with E-state index in [1.54, 1.807) is 24.3 Å². The molecular weight excluding hydrogens is 343 g/mol. The van der Waals surface area contributed by atoms with Gasteiger partial charge in [-0.25, -0.2) is 4.39 Å². The molecule has 0 saturated carbocycles. The summed E-state index contributed by atoms with van der Waals surface area (Å²) in [4.78, 5) is 24.7. The quantitative estimate of drug-likeness (QED) is 0.825. The van der Waals surface area contributed by atoms with Crippen molar-refractivity contribution in [3.05, 3.63) is 70.5 Å². The lowest BCUT2D eigenvalue weighted by Crippen LogP contribution is -2.49. The summed E-state index contributed by atoms with van der Waals surface area (Å²) in [6.45, 7) is 3.91. The van der Waals surface area contributed by atoms with Gasteiger partial charge in [0, 0.05) is 11.6 Å². The van der Waals surface area contributed by atoms with Crippen molar-refractivity contribution in [3.8, 4) is 0 Å². The van der Waals surface area contributed by atoms with E-state index in [1.165, 1.54) is 18.2 Å². The summed E-state index contributed by atoms with van der Waals surface area (Å²) in [5, 5.41) is 5.96. The van der Waals surface area contributed by atoms with Gasteiger partial charge < -0.3 is 10.6 Å². The second kappa shape index (κ2) is 8.62. The lowest BCUT2D eigenvalue weighted by molar-refractivity contribution is -0.124. The second-order valence-electron chi connectivity index (χ2n) is 6.02. The minimum Gasteiger partial charge on any atom is -0.350 e. The second-order valence-corrected chi connectivity index (χ2v) is 6.46. The molecule has 1 atom stereocenters. The normalized spacial score (nSPS) is 11.9. The fourth-order valence-corrected chi connectivity index (χ4v) is 2.56. The third kappa shape index (κ3) is 5.29. The molecule has 2 rings (SSSR count). The van der Waals surface area contributed by atoms with Gasteiger partial charge in [-0.05, 0) is 35.7 Å². The minimum atomic E-state index is -0.772. The number of hydrogen-bond acceptors (Lipinski definition) is 2. The van der Waals surface area contributed by atoms with Crippen LogP contribution >= 0.6 is 11.6 Å². The van der Waals surface area contributed by atoms with Gasteiger partial charge in [0.1, 0.15) is 11.9 Å². The van der Waals surface area contributed by atoms with Crippen LogP contribution in [0.25, 0.3) is 0 Å². The van der Waals surface area contributed by atoms with Crippen LogP contribution in [0.3, 0.4) is 0 Å². The standard InChI is InChI=1S/C19H20ClFN2O2/c1-12(2)17(23-18(24)15-8-3-4-9-16(15)21)19(25)22-11-13-6-5-7-14(20)10-13/h3-10,12,17H,11H2,1-2H3,(H,22,25)(H,23,24)/t17-/m1/s1. The first-order chi connectivity index (χ1) is 11.9. The van der Waals surface area contributed by atoms with Crippen molar-refractivity contribution in [3.63, 3.8) is 0 Å². The Morgan fingerprint density at radius 2 is 1.84 bits per heavy atom. The van der Waals surface area contributed by atoms with Crippen molar-refractivity contribution in [1.29, 1.82) is 0 Å². The smallest absolute Gasteiger partial charge is 0.254 e. The Labute approximate surface area is 151 Å². The number of amides is 2. The number of rotatable bonds is 6. The molecule has 0 aromatic heterocycles. The van der Waals surface area contributed by atoms with Gasteiger partial charge >= 0.3 is 0 Å². The van der Waals surface area contributed by atoms with E-state index in [-0.39, 0.29) is 23.9 Å². The first kappa shape index (κ1) is 18.9. The van der Waals surface area contributed by atoms with Gasteiger partial charge in [-0.15, -0.1) is 0 Å². The van der Waals surface area contributed by atoms with Gasteiger partial charge in [-0.3, -0.25) is 9.59 Å². The summed E-state index contributed by atoms with van der Waals surface area (Å²) in [6.07, 6.45) is 0. The molecule has 6 heteroatoms. The van der Waals surface area contributed by atoms with Crippen LogP contribution in [0.4, 0.5) is 4.39 Å². The summed E-state index contributed by atoms with van der Waals surface area (Å²) < 4.78 is 13.7. The van der Waals surface area contributed by atoms with Crippen molar-refractivity contribution in [2.24, 2.45) is 5.92 Å². The van der Waals surface area contributed by atoms with Crippen molar-refractivity contribution >= 4 is 23.4 Å². The fraction of sp³-hybridized carbons (Fsp3) is 0.263. The first-order valence-corrected chi connectivity index (χ1v) is 8.34. The van der Waals surface area contributed by atoms with Crippen molar-refractivity contribution in [2.45, 2.75) is 26.4 Å². The largest absolute Gasteiger partial charge is 0.350 e. The monoisotopic (exact) mass is 362 g/mol. The van der Waals surface area contributed by atoms with Crippen LogP contribution in [-0.4, -0.2) is 17.9 Å². The van der Waals surface area contributed by atoms with Gasteiger partial charge in [0.25, 0.3) is 5.91 Å². The number of nitrogens with one attached hydrogen (secondary N) is 2. The summed E-state index contributed by atoms with van der Waals surface area (Å²) in [7, 11) is 0. The van der Waals surface area contributed by atoms with Crippen molar-refractivity contribution < 1.29 is 14.0 Å². The zero-order valence-electron chi connectivity index (χ0n) is 14.1. The average molecular weight is 363 g/mol. The highest BCUT2D eigenvalue weighted by Crippen LogP contribution is 2.11. The van der Waals surface area contributed by atoms with Gasteiger partial charge in [-0.2, -0.15) is 0 Å². The molecule has 0 aliphatic carbocycles. The molecule has 132 valence electrons. The van der Waals surface area contributed by atoms with E-state index in [1.807, 2.05) is 19.9 Å². The SMILES string of the molecule is CC(C)[C@@H](NC(=O)c1ccccc1F)C(=O)NCc1cccc(Cl)c1. The molecule has 0 heterocycles. The third-order valence-corrected chi connectivity index (χ3v) is 3.95. The van der Waals surface area contributed by atoms with E-state index in [9.17, 15) is 14.0 Å². The Bertz CT molecular complexity index is 765. The van der Waals surface area contributed by atoms with E-state index in [2.05, 4.69) is 10.6 Å². The van der Waals surface area contributed by atoms with E-state index < -0.39 is 17.8 Å². The molecule has 0 aliphatic heterocycles. The van der Waals surface area contributed by atoms with Crippen LogP contribution in [0.1, 0.15) is 29.8 Å². The van der Waals surface area contributed by atoms with Crippen LogP contribution < -0.4 is 10.6 Å². The lowest BCUT2D eigenvalue weighted by Gasteiger charge is -2.22. The molecule has 2 N–H and O–H groups in total. The van der Waals surface area contributed by atoms with E-state index in [0.717, 1.165) is 5.56 Å². The number of hydrogen-bond donors (Lipinski definition) is 2. The lowest BCUT2D eigenvalue weighted by atomic mass is 10.0. The predicted octanol–water partition coefficient (Wildman–Crippen LogP) is 3.55. The maximum absolute atomic E-state index is 13.7. The Kier molecular flexibility index (Phi) is 6.53. The molecule has 0 aliphatic rings. The van der Waals surface area contributed by atoms with Crippen LogP contribution in [0, 0.1) is 11.7 Å². The summed E-state index contributed by atoms with van der Waals surface area (Å²) in [5.74, 6) is -1.73. The predicted molar refractivity (Wildman–Crippen MR) is 95.8 cm³/mol. The summed E-state index contributed by atoms with van der Waals surface area (Å²) in [6, 6.07) is 12.0. The summed E-state index contributed by atoms with van der Waals surface area (Å²) >= 11 is 5.92. The molecule has 0 spiro atoms. The van der Waals surface area contributed by atoms with Crippen LogP contribution in [0.2, 0.25) is 5.02 Å². The number of carbonyl (C=O) groups excluding carboxylic acids is 2. The number of carbonyl (C=O) groups is 2. The van der Waals surface area contributed by atoms with Gasteiger partial charge in [0.15, 0.2) is 0 Å². The minimum absolute atomic E-state index is 0.0872. The maximum atomic E-state index is 13.7. The topological polar surface area (TPSA) is 58.2 Å². The highest BCUT2D eigenvalue weighted by atomic mass is 35.5. The number of halogens is 2. The Balaban J connectivity index is 2.03. The molecule has 25 heavy (non-hydrogen) atoms. The van der Waals surface area contributed by atoms with E-state index >= 15 is 0 Å². The highest BCUT2D eigenvalue weighted by Gasteiger charge is 2.25. The number of benzene rings is 2. The molecule has 2 aromatic carbocycles. The Morgan fingerprint density at radius 1 is 1.12 bits per heavy atom. The molecule has 2 aromatic rings. The highest BCUT2D eigenvalue weighted by molar-refractivity contribution is 6.30. The summed E-state index contributed by atoms with van der Waals surface area (Å²) in [5.41, 5.74) is 0.763. The van der Waals surface area contributed by atoms with Crippen LogP contribution in [-0.2, 0) is 11.3 Å². The zero-order valence-corrected chi connectivity index (χ0v) is 14.8. The molecule has 0 fully saturated rings. The molecule has 0 radical (unpaired) electrons. The average Bonchev–Trinajstić information content (AvgIpc) is 2.57. The van der Waals surface area contributed by atoms with Gasteiger partial charge in [0.2, 0.25) is 5.91 Å². The van der Waals surface area contributed by atoms with Crippen LogP contribution in [0.5, 0.6) is 0 Å². The van der Waals surface area contributed by atoms with Crippen molar-refractivity contribution in [2.75, 3.05) is 0 Å². The van der Waals surface area contributed by atoms with E-state index in [0.29, 0.717) is 5.02 Å². The molecule has 2 amide bonds. The third-order valence-electron chi connectivity index (χ3n) is 3.71. The zero-order chi connectivity index (χ0) is 18.4. The van der Waals surface area contributed by atoms with Gasteiger partial charge in [-0.1, -0.05) is 49.7 Å².